The van der Waals surface area contributed by atoms with Crippen LogP contribution in [0.5, 0.6) is 0 Å². The van der Waals surface area contributed by atoms with Crippen molar-refractivity contribution in [2.45, 2.75) is 11.2 Å². The van der Waals surface area contributed by atoms with E-state index in [1.807, 2.05) is 0 Å². The third-order valence-corrected chi connectivity index (χ3v) is 2.71. The Labute approximate surface area is 101 Å². The van der Waals surface area contributed by atoms with Crippen LogP contribution in [0.15, 0.2) is 18.2 Å². The van der Waals surface area contributed by atoms with Crippen molar-refractivity contribution in [1.29, 1.82) is 0 Å². The first-order valence-electron chi connectivity index (χ1n) is 4.20. The molecule has 0 radical (unpaired) electrons. The van der Waals surface area contributed by atoms with Crippen LogP contribution in [0, 0.1) is 5.82 Å². The van der Waals surface area contributed by atoms with E-state index >= 15 is 0 Å². The first kappa shape index (κ1) is 12.5. The summed E-state index contributed by atoms with van der Waals surface area (Å²) >= 11 is 8.82. The monoisotopic (exact) mass is 294 g/mol. The van der Waals surface area contributed by atoms with E-state index in [-0.39, 0.29) is 0 Å². The number of alkyl halides is 1. The van der Waals surface area contributed by atoms with Crippen LogP contribution in [-0.4, -0.2) is 17.9 Å². The van der Waals surface area contributed by atoms with Gasteiger partial charge in [0.05, 0.1) is 7.11 Å². The van der Waals surface area contributed by atoms with Crippen molar-refractivity contribution in [2.24, 2.45) is 0 Å². The molecule has 0 aromatic heterocycles. The fourth-order valence-electron chi connectivity index (χ4n) is 1.15. The molecular weight excluding hydrogens is 286 g/mol. The van der Waals surface area contributed by atoms with Crippen LogP contribution < -0.4 is 0 Å². The second-order valence-corrected chi connectivity index (χ2v) is 4.51. The average molecular weight is 296 g/mol. The summed E-state index contributed by atoms with van der Waals surface area (Å²) in [6.07, 6.45) is 0.337. The van der Waals surface area contributed by atoms with Crippen molar-refractivity contribution in [3.05, 3.63) is 34.6 Å². The maximum absolute atomic E-state index is 12.9. The van der Waals surface area contributed by atoms with Crippen molar-refractivity contribution in [2.75, 3.05) is 7.11 Å². The van der Waals surface area contributed by atoms with Gasteiger partial charge in [-0.3, -0.25) is 4.79 Å². The zero-order valence-corrected chi connectivity index (χ0v) is 10.3. The highest BCUT2D eigenvalue weighted by molar-refractivity contribution is 9.10. The molecule has 1 atom stereocenters. The predicted molar refractivity (Wildman–Crippen MR) is 59.8 cm³/mol. The van der Waals surface area contributed by atoms with Gasteiger partial charge in [-0.2, -0.15) is 0 Å². The SMILES string of the molecule is COC(=O)C(Br)Cc1cc(F)cc(Cl)c1. The van der Waals surface area contributed by atoms with Crippen LogP contribution in [0.25, 0.3) is 0 Å². The highest BCUT2D eigenvalue weighted by atomic mass is 79.9. The Morgan fingerprint density at radius 1 is 1.60 bits per heavy atom. The molecule has 1 unspecified atom stereocenters. The number of carbonyl (C=O) groups is 1. The summed E-state index contributed by atoms with van der Waals surface area (Å²) in [6.45, 7) is 0. The Morgan fingerprint density at radius 2 is 2.27 bits per heavy atom. The Morgan fingerprint density at radius 3 is 2.80 bits per heavy atom. The van der Waals surface area contributed by atoms with E-state index in [1.165, 1.54) is 19.2 Å². The molecule has 1 aromatic carbocycles. The van der Waals surface area contributed by atoms with E-state index in [4.69, 9.17) is 11.6 Å². The van der Waals surface area contributed by atoms with Crippen LogP contribution in [0.2, 0.25) is 5.02 Å². The first-order chi connectivity index (χ1) is 7.02. The fraction of sp³-hybridized carbons (Fsp3) is 0.300. The molecule has 0 saturated carbocycles. The summed E-state index contributed by atoms with van der Waals surface area (Å²) in [5, 5.41) is 0.314. The van der Waals surface area contributed by atoms with Crippen molar-refractivity contribution in [3.8, 4) is 0 Å². The second kappa shape index (κ2) is 5.47. The molecule has 1 rings (SSSR count). The lowest BCUT2D eigenvalue weighted by molar-refractivity contribution is -0.139. The van der Waals surface area contributed by atoms with Crippen LogP contribution in [0.3, 0.4) is 0 Å². The summed E-state index contributed by atoms with van der Waals surface area (Å²) in [5.41, 5.74) is 0.646. The van der Waals surface area contributed by atoms with Gasteiger partial charge in [0.1, 0.15) is 10.6 Å². The molecule has 1 aromatic rings. The zero-order valence-electron chi connectivity index (χ0n) is 7.97. The maximum atomic E-state index is 12.9. The van der Waals surface area contributed by atoms with Gasteiger partial charge in [-0.25, -0.2) is 4.39 Å². The maximum Gasteiger partial charge on any atom is 0.319 e. The smallest absolute Gasteiger partial charge is 0.319 e. The molecule has 0 bridgehead atoms. The number of methoxy groups -OCH3 is 1. The number of ether oxygens (including phenoxy) is 1. The van der Waals surface area contributed by atoms with E-state index in [0.29, 0.717) is 17.0 Å². The van der Waals surface area contributed by atoms with Gasteiger partial charge in [-0.05, 0) is 30.2 Å². The van der Waals surface area contributed by atoms with Gasteiger partial charge in [0, 0.05) is 5.02 Å². The van der Waals surface area contributed by atoms with E-state index < -0.39 is 16.6 Å². The van der Waals surface area contributed by atoms with Gasteiger partial charge < -0.3 is 4.74 Å². The number of hydrogen-bond donors (Lipinski definition) is 0. The highest BCUT2D eigenvalue weighted by Gasteiger charge is 2.16. The molecule has 0 N–H and O–H groups in total. The molecule has 15 heavy (non-hydrogen) atoms. The average Bonchev–Trinajstić information content (AvgIpc) is 2.14. The molecule has 2 nitrogen and oxygen atoms in total. The first-order valence-corrected chi connectivity index (χ1v) is 5.49. The highest BCUT2D eigenvalue weighted by Crippen LogP contribution is 2.18. The van der Waals surface area contributed by atoms with Gasteiger partial charge in [0.25, 0.3) is 0 Å². The number of esters is 1. The fourth-order valence-corrected chi connectivity index (χ4v) is 1.95. The van der Waals surface area contributed by atoms with Crippen molar-refractivity contribution in [1.82, 2.24) is 0 Å². The molecule has 0 aliphatic carbocycles. The molecule has 0 aliphatic heterocycles. The second-order valence-electron chi connectivity index (χ2n) is 2.97. The summed E-state index contributed by atoms with van der Waals surface area (Å²) in [7, 11) is 1.30. The molecule has 0 saturated heterocycles. The Kier molecular flexibility index (Phi) is 4.54. The van der Waals surface area contributed by atoms with Crippen molar-refractivity contribution >= 4 is 33.5 Å². The lowest BCUT2D eigenvalue weighted by atomic mass is 10.1. The van der Waals surface area contributed by atoms with Crippen LogP contribution in [0.1, 0.15) is 5.56 Å². The van der Waals surface area contributed by atoms with Crippen LogP contribution in [0.4, 0.5) is 4.39 Å². The Bertz CT molecular complexity index is 350. The number of carbonyl (C=O) groups excluding carboxylic acids is 1. The van der Waals surface area contributed by atoms with E-state index in [1.54, 1.807) is 6.07 Å². The summed E-state index contributed by atoms with van der Waals surface area (Å²) in [4.78, 5) is 10.6. The molecule has 0 fully saturated rings. The number of rotatable bonds is 3. The lowest BCUT2D eigenvalue weighted by Crippen LogP contribution is -2.18. The van der Waals surface area contributed by atoms with Crippen LogP contribution in [-0.2, 0) is 16.0 Å². The van der Waals surface area contributed by atoms with Gasteiger partial charge >= 0.3 is 5.97 Å². The molecule has 0 heterocycles. The quantitative estimate of drug-likeness (QED) is 0.633. The Hall–Kier alpha value is -0.610. The Balaban J connectivity index is 2.76. The third kappa shape index (κ3) is 3.80. The standard InChI is InChI=1S/C10H9BrClFO2/c1-15-10(14)9(11)4-6-2-7(12)5-8(13)3-6/h2-3,5,9H,4H2,1H3. The molecular formula is C10H9BrClFO2. The van der Waals surface area contributed by atoms with Gasteiger partial charge in [-0.15, -0.1) is 0 Å². The van der Waals surface area contributed by atoms with Gasteiger partial charge in [-0.1, -0.05) is 27.5 Å². The van der Waals surface area contributed by atoms with Gasteiger partial charge in [0.2, 0.25) is 0 Å². The van der Waals surface area contributed by atoms with Crippen molar-refractivity contribution < 1.29 is 13.9 Å². The largest absolute Gasteiger partial charge is 0.468 e. The lowest BCUT2D eigenvalue weighted by Gasteiger charge is -2.07. The summed E-state index contributed by atoms with van der Waals surface area (Å²) < 4.78 is 17.5. The number of halogens is 3. The summed E-state index contributed by atoms with van der Waals surface area (Å²) in [5.74, 6) is -0.808. The molecule has 0 aliphatic rings. The van der Waals surface area contributed by atoms with E-state index in [9.17, 15) is 9.18 Å². The zero-order chi connectivity index (χ0) is 11.4. The minimum Gasteiger partial charge on any atom is -0.468 e. The van der Waals surface area contributed by atoms with E-state index in [2.05, 4.69) is 20.7 Å². The molecule has 0 spiro atoms. The van der Waals surface area contributed by atoms with E-state index in [0.717, 1.165) is 0 Å². The minimum atomic E-state index is -0.486. The van der Waals surface area contributed by atoms with Gasteiger partial charge in [0.15, 0.2) is 0 Å². The topological polar surface area (TPSA) is 26.3 Å². The van der Waals surface area contributed by atoms with Crippen molar-refractivity contribution in [3.63, 3.8) is 0 Å². The molecule has 82 valence electrons. The molecule has 0 amide bonds. The number of benzene rings is 1. The van der Waals surface area contributed by atoms with Crippen LogP contribution >= 0.6 is 27.5 Å². The summed E-state index contributed by atoms with van der Waals surface area (Å²) in [6, 6.07) is 4.16. The normalized spacial score (nSPS) is 12.3. The minimum absolute atomic E-state index is 0.314. The third-order valence-electron chi connectivity index (χ3n) is 1.79. The number of hydrogen-bond acceptors (Lipinski definition) is 2. The predicted octanol–water partition coefficient (Wildman–Crippen LogP) is 2.96. The molecule has 5 heteroatoms.